The minimum atomic E-state index is -4.99. The number of alkyl halides is 12. The Labute approximate surface area is 471 Å². The number of carbonyl (C=O) groups is 2. The molecule has 0 aliphatic carbocycles. The maximum Gasteiger partial charge on any atom is 0.416 e. The number of amides is 2. The summed E-state index contributed by atoms with van der Waals surface area (Å²) in [5.41, 5.74) is -6.73. The number of hydrogen-bond acceptors (Lipinski definition) is 9. The van der Waals surface area contributed by atoms with Crippen molar-refractivity contribution in [1.82, 2.24) is 20.0 Å². The number of piperidine rings is 2. The molecule has 5 aromatic rings. The number of fused-ring (bicyclic) bond motifs is 1. The van der Waals surface area contributed by atoms with Crippen LogP contribution in [0, 0.1) is 0 Å². The summed E-state index contributed by atoms with van der Waals surface area (Å²) in [6.07, 6.45) is -20.6. The van der Waals surface area contributed by atoms with Gasteiger partial charge in [-0.15, -0.1) is 0 Å². The largest absolute Gasteiger partial charge is 0.445 e. The van der Waals surface area contributed by atoms with E-state index in [9.17, 15) is 62.3 Å². The minimum Gasteiger partial charge on any atom is -0.445 e. The number of halogens is 12. The highest BCUT2D eigenvalue weighted by molar-refractivity contribution is 5.81. The lowest BCUT2D eigenvalue weighted by Gasteiger charge is -2.61. The van der Waals surface area contributed by atoms with Gasteiger partial charge in [0.1, 0.15) is 6.61 Å². The van der Waals surface area contributed by atoms with E-state index in [0.717, 1.165) is 11.1 Å². The third-order valence-electron chi connectivity index (χ3n) is 16.6. The SMILES string of the molecule is C[C@@H](OC[C@@]1(c2ccccc2)CC[C@@]23COCCN2C(=O)CN1C3)c1cc(C(F)(F)F)cc(C(F)(F)F)c1.C[C@@H](OC[C@@]1(c2ccccc2)CC[C@]2(COCCN2)CN1C(=O)OCc1ccccc1)c1cc(C(F)(F)F)cc(C(F)(F)F)c1. The molecule has 83 heavy (non-hydrogen) atoms. The highest BCUT2D eigenvalue weighted by atomic mass is 19.4. The first-order chi connectivity index (χ1) is 39.2. The van der Waals surface area contributed by atoms with E-state index >= 15 is 0 Å². The van der Waals surface area contributed by atoms with E-state index in [1.54, 1.807) is 23.1 Å². The maximum atomic E-state index is 13.9. The molecule has 11 nitrogen and oxygen atoms in total. The van der Waals surface area contributed by atoms with E-state index in [0.29, 0.717) is 102 Å². The molecule has 0 aromatic heterocycles. The normalized spacial score (nSPS) is 25.7. The molecule has 5 aromatic carbocycles. The van der Waals surface area contributed by atoms with Gasteiger partial charge in [0.2, 0.25) is 5.91 Å². The molecule has 5 aliphatic rings. The molecule has 5 heterocycles. The van der Waals surface area contributed by atoms with Crippen LogP contribution in [-0.2, 0) is 70.9 Å². The van der Waals surface area contributed by atoms with Gasteiger partial charge in [-0.25, -0.2) is 4.79 Å². The monoisotopic (exact) mass is 1180 g/mol. The van der Waals surface area contributed by atoms with Crippen molar-refractivity contribution >= 4 is 12.0 Å². The van der Waals surface area contributed by atoms with Crippen LogP contribution >= 0.6 is 0 Å². The van der Waals surface area contributed by atoms with Gasteiger partial charge in [-0.3, -0.25) is 14.6 Å². The average molecular weight is 1180 g/mol. The van der Waals surface area contributed by atoms with Crippen LogP contribution in [0.15, 0.2) is 127 Å². The number of hydrogen-bond donors (Lipinski definition) is 1. The number of nitrogens with one attached hydrogen (secondary N) is 1. The highest BCUT2D eigenvalue weighted by Crippen LogP contribution is 2.49. The van der Waals surface area contributed by atoms with Crippen molar-refractivity contribution in [3.63, 3.8) is 0 Å². The molecule has 0 radical (unpaired) electrons. The van der Waals surface area contributed by atoms with Gasteiger partial charge in [-0.1, -0.05) is 91.0 Å². The lowest BCUT2D eigenvalue weighted by atomic mass is 9.72. The summed E-state index contributed by atoms with van der Waals surface area (Å²) >= 11 is 0. The number of ether oxygens (including phenoxy) is 5. The zero-order chi connectivity index (χ0) is 59.6. The number of likely N-dealkylation sites (tertiary alicyclic amines) is 1. The molecule has 7 atom stereocenters. The zero-order valence-corrected chi connectivity index (χ0v) is 45.3. The molecule has 2 amide bonds. The summed E-state index contributed by atoms with van der Waals surface area (Å²) in [6.45, 7) is 6.32. The van der Waals surface area contributed by atoms with Crippen LogP contribution in [-0.4, -0.2) is 110 Å². The second-order valence-corrected chi connectivity index (χ2v) is 21.9. The number of piperazine rings is 1. The summed E-state index contributed by atoms with van der Waals surface area (Å²) in [7, 11) is 0. The molecular weight excluding hydrogens is 1120 g/mol. The molecule has 1 N–H and O–H groups in total. The lowest BCUT2D eigenvalue weighted by Crippen LogP contribution is -2.75. The smallest absolute Gasteiger partial charge is 0.416 e. The fraction of sp³-hybridized carbons (Fsp3) is 0.467. The van der Waals surface area contributed by atoms with E-state index in [4.69, 9.17) is 23.7 Å². The van der Waals surface area contributed by atoms with Crippen molar-refractivity contribution in [2.75, 3.05) is 72.4 Å². The van der Waals surface area contributed by atoms with E-state index < -0.39 is 87.4 Å². The first kappa shape index (κ1) is 61.3. The Morgan fingerprint density at radius 3 is 1.55 bits per heavy atom. The van der Waals surface area contributed by atoms with Gasteiger partial charge in [0.15, 0.2) is 0 Å². The van der Waals surface area contributed by atoms with Crippen molar-refractivity contribution in [2.24, 2.45) is 0 Å². The van der Waals surface area contributed by atoms with Crippen LogP contribution in [0.4, 0.5) is 57.5 Å². The molecule has 448 valence electrons. The second kappa shape index (κ2) is 24.0. The summed E-state index contributed by atoms with van der Waals surface area (Å²) in [6, 6.07) is 30.5. The molecule has 5 aliphatic heterocycles. The van der Waals surface area contributed by atoms with Crippen LogP contribution in [0.1, 0.15) is 102 Å². The molecule has 1 unspecified atom stereocenters. The number of nitrogens with zero attached hydrogens (tertiary/aromatic N) is 3. The molecule has 2 bridgehead atoms. The maximum absolute atomic E-state index is 13.9. The molecule has 23 heteroatoms. The van der Waals surface area contributed by atoms with Gasteiger partial charge in [-0.05, 0) is 104 Å². The van der Waals surface area contributed by atoms with E-state index in [1.165, 1.54) is 13.8 Å². The molecule has 5 fully saturated rings. The van der Waals surface area contributed by atoms with E-state index in [1.807, 2.05) is 82.6 Å². The third-order valence-corrected chi connectivity index (χ3v) is 16.6. The predicted octanol–water partition coefficient (Wildman–Crippen LogP) is 12.9. The molecule has 10 rings (SSSR count). The molecule has 0 saturated carbocycles. The van der Waals surface area contributed by atoms with E-state index in [-0.39, 0.29) is 62.1 Å². The average Bonchev–Trinajstić information content (AvgIpc) is 1.64. The van der Waals surface area contributed by atoms with Crippen LogP contribution in [0.2, 0.25) is 0 Å². The van der Waals surface area contributed by atoms with Gasteiger partial charge < -0.3 is 33.9 Å². The first-order valence-electron chi connectivity index (χ1n) is 27.0. The Balaban J connectivity index is 0.000000202. The number of rotatable bonds is 12. The Morgan fingerprint density at radius 2 is 1.06 bits per heavy atom. The molecule has 5 saturated heterocycles. The topological polar surface area (TPSA) is 102 Å². The van der Waals surface area contributed by atoms with Crippen molar-refractivity contribution in [1.29, 1.82) is 0 Å². The summed E-state index contributed by atoms with van der Waals surface area (Å²) in [5.74, 6) is -0.0275. The van der Waals surface area contributed by atoms with Gasteiger partial charge in [0.25, 0.3) is 0 Å². The lowest BCUT2D eigenvalue weighted by molar-refractivity contribution is -0.190. The van der Waals surface area contributed by atoms with E-state index in [2.05, 4.69) is 5.32 Å². The van der Waals surface area contributed by atoms with Gasteiger partial charge >= 0.3 is 30.8 Å². The standard InChI is InChI=1S/C33H34F6N2O4.C27H28F6N2O3/c1-23(25-16-27(32(34,35)36)18-28(17-25)33(37,38)39)45-22-31(26-10-6-3-7-11-26)13-12-30(21-43-15-14-40-30)20-41(31)29(42)44-19-24-8-4-2-5-9-24;1-18(19-11-21(26(28,29)30)13-22(12-19)27(31,32)33)38-17-25(20-5-3-2-4-6-20)8-7-24-15-34(25)14-23(36)35(24)9-10-37-16-24/h2-11,16-18,23,40H,12-15,19-22H2,1H3;2-6,11-13,18H,7-10,14-17H2,1H3/t23-,30-,31-;18-,24-,25-/m11/s1. The van der Waals surface area contributed by atoms with Gasteiger partial charge in [-0.2, -0.15) is 52.7 Å². The predicted molar refractivity (Wildman–Crippen MR) is 278 cm³/mol. The highest BCUT2D eigenvalue weighted by Gasteiger charge is 2.58. The zero-order valence-electron chi connectivity index (χ0n) is 45.3. The number of benzene rings is 5. The van der Waals surface area contributed by atoms with Crippen molar-refractivity contribution in [2.45, 2.75) is 105 Å². The summed E-state index contributed by atoms with van der Waals surface area (Å²) < 4.78 is 191. The Morgan fingerprint density at radius 1 is 0.590 bits per heavy atom. The van der Waals surface area contributed by atoms with Crippen LogP contribution in [0.3, 0.4) is 0 Å². The Hall–Kier alpha value is -6.24. The fourth-order valence-corrected chi connectivity index (χ4v) is 12.0. The summed E-state index contributed by atoms with van der Waals surface area (Å²) in [4.78, 5) is 32.6. The van der Waals surface area contributed by atoms with Crippen molar-refractivity contribution in [3.05, 3.63) is 177 Å². The first-order valence-corrected chi connectivity index (χ1v) is 27.0. The Bertz CT molecular complexity index is 2970. The quantitative estimate of drug-likeness (QED) is 0.122. The number of morpholine rings is 2. The van der Waals surface area contributed by atoms with Crippen LogP contribution < -0.4 is 5.32 Å². The fourth-order valence-electron chi connectivity index (χ4n) is 12.0. The van der Waals surface area contributed by atoms with Crippen LogP contribution in [0.5, 0.6) is 0 Å². The minimum absolute atomic E-state index is 0.000312. The van der Waals surface area contributed by atoms with Gasteiger partial charge in [0, 0.05) is 26.2 Å². The number of carbonyl (C=O) groups excluding carboxylic acids is 2. The third kappa shape index (κ3) is 13.5. The van der Waals surface area contributed by atoms with Crippen molar-refractivity contribution in [3.8, 4) is 0 Å². The second-order valence-electron chi connectivity index (χ2n) is 21.9. The summed E-state index contributed by atoms with van der Waals surface area (Å²) in [5, 5.41) is 3.49. The Kier molecular flexibility index (Phi) is 17.8. The molecule has 2 spiro atoms. The molecular formula is C60H62F12N4O7. The van der Waals surface area contributed by atoms with Gasteiger partial charge in [0.05, 0.1) is 103 Å². The van der Waals surface area contributed by atoms with Crippen LogP contribution in [0.25, 0.3) is 0 Å². The van der Waals surface area contributed by atoms with Crippen molar-refractivity contribution < 1.29 is 86.0 Å².